The number of nitrogens with zero attached hydrogens (tertiary/aromatic N) is 2. The van der Waals surface area contributed by atoms with Gasteiger partial charge < -0.3 is 13.1 Å². The fraction of sp³-hybridized carbons (Fsp3) is 0. The first kappa shape index (κ1) is 11.9. The average Bonchev–Trinajstić information content (AvgIpc) is 1.61. The third-order valence-electron chi connectivity index (χ3n) is 0.221. The van der Waals surface area contributed by atoms with Gasteiger partial charge in [-0.05, 0) is 0 Å². The van der Waals surface area contributed by atoms with Gasteiger partial charge in [0.15, 0.2) is 0 Å². The average molecular weight is 257 g/mol. The fourth-order valence-corrected chi connectivity index (χ4v) is 0.0855. The second kappa shape index (κ2) is 6.23. The van der Waals surface area contributed by atoms with E-state index < -0.39 is 12.2 Å². The molecule has 0 aromatic carbocycles. The molecule has 2 amide bonds. The quantitative estimate of drug-likeness (QED) is 0.491. The molecule has 0 unspecified atom stereocenters. The van der Waals surface area contributed by atoms with E-state index in [0.717, 1.165) is 0 Å². The first-order chi connectivity index (χ1) is 3.63. The van der Waals surface area contributed by atoms with E-state index >= 15 is 0 Å². The summed E-state index contributed by atoms with van der Waals surface area (Å²) in [4.78, 5) is 18.8. The van der Waals surface area contributed by atoms with E-state index in [1.165, 1.54) is 0 Å². The van der Waals surface area contributed by atoms with Crippen molar-refractivity contribution in [3.05, 3.63) is 0 Å². The topological polar surface area (TPSA) is 99.3 Å². The molecule has 2 N–H and O–H groups in total. The van der Waals surface area contributed by atoms with Crippen LogP contribution in [0.5, 0.6) is 0 Å². The van der Waals surface area contributed by atoms with Crippen molar-refractivity contribution in [3.8, 4) is 0 Å². The number of hydrogen-bond donors (Lipinski definition) is 2. The molecule has 0 rings (SSSR count). The van der Waals surface area contributed by atoms with Crippen LogP contribution in [0.1, 0.15) is 2.85 Å². The number of hydrogen-bond acceptors (Lipinski definition) is 2. The summed E-state index contributed by atoms with van der Waals surface area (Å²) in [5.41, 5.74) is 0. The normalized spacial score (nSPS) is 8.44. The molecule has 0 spiro atoms. The monoisotopic (exact) mass is 258 g/mol. The van der Waals surface area contributed by atoms with Crippen molar-refractivity contribution in [1.82, 2.24) is 0 Å². The van der Waals surface area contributed by atoms with Gasteiger partial charge in [-0.2, -0.15) is 0 Å². The van der Waals surface area contributed by atoms with Gasteiger partial charge in [-0.3, -0.25) is 0 Å². The molecule has 0 fully saturated rings. The number of carboxylic acid groups (broad SMARTS) is 2. The van der Waals surface area contributed by atoms with Gasteiger partial charge in [0.1, 0.15) is 0 Å². The van der Waals surface area contributed by atoms with Crippen molar-refractivity contribution in [3.63, 3.8) is 0 Å². The van der Waals surface area contributed by atoms with Gasteiger partial charge in [0, 0.05) is 0 Å². The first-order valence-corrected chi connectivity index (χ1v) is 1.50. The van der Waals surface area contributed by atoms with Gasteiger partial charge in [0.2, 0.25) is 0 Å². The third kappa shape index (κ3) is 11.6. The zero-order valence-electron chi connectivity index (χ0n) is 6.31. The molecule has 48 valence electrons. The van der Waals surface area contributed by atoms with E-state index in [9.17, 15) is 9.59 Å². The largest absolute Gasteiger partial charge is 2.00 e. The zero-order valence-corrected chi connectivity index (χ0v) is 8.75. The van der Waals surface area contributed by atoms with Crippen LogP contribution in [0.2, 0.25) is 0 Å². The Hall–Kier alpha value is 0.111. The van der Waals surface area contributed by atoms with Crippen molar-refractivity contribution >= 4 is 61.1 Å². The maximum Gasteiger partial charge on any atom is 2.00 e. The maximum atomic E-state index is 9.38. The molecule has 9 heavy (non-hydrogen) atoms. The van der Waals surface area contributed by atoms with Crippen LogP contribution in [0.3, 0.4) is 0 Å². The van der Waals surface area contributed by atoms with E-state index in [4.69, 9.17) is 10.2 Å². The summed E-state index contributed by atoms with van der Waals surface area (Å²) in [7, 11) is 0. The van der Waals surface area contributed by atoms with Crippen LogP contribution in [0, 0.1) is 0 Å². The fourth-order valence-electron chi connectivity index (χ4n) is 0.0855. The summed E-state index contributed by atoms with van der Waals surface area (Å²) in [6.07, 6.45) is -3.24. The summed E-state index contributed by atoms with van der Waals surface area (Å²) >= 11 is 0. The van der Waals surface area contributed by atoms with Gasteiger partial charge in [-0.15, -0.1) is 0 Å². The van der Waals surface area contributed by atoms with Gasteiger partial charge in [-0.1, -0.05) is 10.2 Å². The van der Waals surface area contributed by atoms with Crippen molar-refractivity contribution in [1.29, 1.82) is 0 Å². The summed E-state index contributed by atoms with van der Waals surface area (Å²) < 4.78 is 0. The van der Waals surface area contributed by atoms with E-state index in [1.54, 1.807) is 0 Å². The van der Waals surface area contributed by atoms with E-state index in [-0.39, 0.29) is 51.7 Å². The van der Waals surface area contributed by atoms with E-state index in [2.05, 4.69) is 10.2 Å². The summed E-state index contributed by atoms with van der Waals surface area (Å²) in [5, 5.41) is 19.8. The summed E-state index contributed by atoms with van der Waals surface area (Å²) in [6.45, 7) is 0. The summed E-state index contributed by atoms with van der Waals surface area (Å²) in [6, 6.07) is 0. The van der Waals surface area contributed by atoms with Crippen LogP contribution in [-0.4, -0.2) is 71.3 Å². The molecule has 0 bridgehead atoms. The SMILES string of the molecule is O=C(O)N=NC(=O)O.[Ba+2].[H-].[H-]. The Labute approximate surface area is 93.0 Å². The molecule has 0 aromatic rings. The number of amides is 2. The van der Waals surface area contributed by atoms with E-state index in [1.807, 2.05) is 0 Å². The summed E-state index contributed by atoms with van der Waals surface area (Å²) in [5.74, 6) is 0. The first-order valence-electron chi connectivity index (χ1n) is 1.50. The Morgan fingerprint density at radius 3 is 1.44 bits per heavy atom. The minimum Gasteiger partial charge on any atom is -1.00 e. The van der Waals surface area contributed by atoms with Gasteiger partial charge in [0.05, 0.1) is 0 Å². The Morgan fingerprint density at radius 2 is 1.33 bits per heavy atom. The molecule has 0 aliphatic rings. The molecule has 6 nitrogen and oxygen atoms in total. The van der Waals surface area contributed by atoms with Crippen molar-refractivity contribution < 1.29 is 22.7 Å². The molecule has 0 aliphatic heterocycles. The predicted octanol–water partition coefficient (Wildman–Crippen LogP) is 0.639. The molecule has 0 saturated carbocycles. The van der Waals surface area contributed by atoms with Crippen molar-refractivity contribution in [2.45, 2.75) is 0 Å². The van der Waals surface area contributed by atoms with Crippen LogP contribution in [0.15, 0.2) is 10.2 Å². The zero-order chi connectivity index (χ0) is 6.57. The van der Waals surface area contributed by atoms with Crippen molar-refractivity contribution in [2.24, 2.45) is 10.2 Å². The molecule has 0 radical (unpaired) electrons. The van der Waals surface area contributed by atoms with E-state index in [0.29, 0.717) is 0 Å². The van der Waals surface area contributed by atoms with Gasteiger partial charge >= 0.3 is 61.1 Å². The predicted molar refractivity (Wildman–Crippen MR) is 28.9 cm³/mol. The minimum absolute atomic E-state index is 0. The third-order valence-corrected chi connectivity index (χ3v) is 0.221. The standard InChI is InChI=1S/C2H2N2O4.Ba.2H/c5-1(6)3-4-2(7)8;;;/h(H,5,6)(H,7,8);;;/q;+2;2*-1. The minimum atomic E-state index is -1.62. The molecule has 0 aliphatic carbocycles. The molecule has 0 atom stereocenters. The Morgan fingerprint density at radius 1 is 1.11 bits per heavy atom. The van der Waals surface area contributed by atoms with Crippen LogP contribution in [0.25, 0.3) is 0 Å². The number of carbonyl (C=O) groups is 2. The van der Waals surface area contributed by atoms with Crippen LogP contribution in [0.4, 0.5) is 9.59 Å². The Bertz CT molecular complexity index is 135. The smallest absolute Gasteiger partial charge is 1.00 e. The molecule has 7 heteroatoms. The van der Waals surface area contributed by atoms with Gasteiger partial charge in [0.25, 0.3) is 0 Å². The second-order valence-electron chi connectivity index (χ2n) is 0.765. The van der Waals surface area contributed by atoms with Crippen LogP contribution >= 0.6 is 0 Å². The van der Waals surface area contributed by atoms with Gasteiger partial charge in [-0.25, -0.2) is 9.59 Å². The number of azo groups is 1. The molecular weight excluding hydrogens is 253 g/mol. The number of rotatable bonds is 0. The molecule has 0 aromatic heterocycles. The van der Waals surface area contributed by atoms with Crippen molar-refractivity contribution in [2.75, 3.05) is 0 Å². The molecular formula is C2H4BaN2O4. The second-order valence-corrected chi connectivity index (χ2v) is 0.765. The maximum absolute atomic E-state index is 9.38. The Balaban J connectivity index is -0.0000000817. The molecule has 0 heterocycles. The van der Waals surface area contributed by atoms with Crippen LogP contribution < -0.4 is 0 Å². The van der Waals surface area contributed by atoms with Crippen LogP contribution in [-0.2, 0) is 0 Å². The molecule has 0 saturated heterocycles. The Kier molecular flexibility index (Phi) is 8.21.